The first kappa shape index (κ1) is 17.1. The molecular weight excluding hydrogens is 320 g/mol. The van der Waals surface area contributed by atoms with Gasteiger partial charge in [-0.2, -0.15) is 0 Å². The summed E-state index contributed by atoms with van der Waals surface area (Å²) in [4.78, 5) is 23.5. The van der Waals surface area contributed by atoms with Crippen molar-refractivity contribution in [2.75, 3.05) is 5.32 Å². The molecule has 2 aromatic carbocycles. The van der Waals surface area contributed by atoms with E-state index < -0.39 is 16.1 Å². The largest absolute Gasteiger partial charge is 0.357 e. The first-order chi connectivity index (χ1) is 11.6. The van der Waals surface area contributed by atoms with E-state index in [9.17, 15) is 14.9 Å². The highest BCUT2D eigenvalue weighted by molar-refractivity contribution is 6.05. The summed E-state index contributed by atoms with van der Waals surface area (Å²) in [5, 5.41) is 16.0. The molecule has 0 amide bonds. The van der Waals surface area contributed by atoms with E-state index in [1.165, 1.54) is 12.3 Å². The van der Waals surface area contributed by atoms with E-state index in [0.29, 0.717) is 11.3 Å². The zero-order valence-electron chi connectivity index (χ0n) is 14.6. The number of rotatable bonds is 3. The van der Waals surface area contributed by atoms with Crippen LogP contribution in [-0.2, 0) is 9.53 Å². The number of ether oxygens (including phenoxy) is 1. The first-order valence-electron chi connectivity index (χ1n) is 8.01. The van der Waals surface area contributed by atoms with Gasteiger partial charge in [-0.3, -0.25) is 14.9 Å². The summed E-state index contributed by atoms with van der Waals surface area (Å²) >= 11 is 0. The van der Waals surface area contributed by atoms with Crippen molar-refractivity contribution in [3.05, 3.63) is 58.3 Å². The third-order valence-electron chi connectivity index (χ3n) is 4.38. The van der Waals surface area contributed by atoms with Crippen molar-refractivity contribution in [1.82, 2.24) is 0 Å². The highest BCUT2D eigenvalue weighted by Gasteiger charge is 2.49. The van der Waals surface area contributed by atoms with Gasteiger partial charge in [0.15, 0.2) is 5.78 Å². The average Bonchev–Trinajstić information content (AvgIpc) is 2.68. The molecule has 0 aliphatic carbocycles. The molecule has 1 fully saturated rings. The van der Waals surface area contributed by atoms with Gasteiger partial charge in [-0.25, -0.2) is 0 Å². The molecule has 0 atom stereocenters. The molecular formula is C19H20N2O4. The van der Waals surface area contributed by atoms with Gasteiger partial charge < -0.3 is 10.1 Å². The van der Waals surface area contributed by atoms with Crippen LogP contribution in [0.3, 0.4) is 0 Å². The van der Waals surface area contributed by atoms with E-state index in [2.05, 4.69) is 5.32 Å². The summed E-state index contributed by atoms with van der Waals surface area (Å²) in [6, 6.07) is 10.6. The predicted molar refractivity (Wildman–Crippen MR) is 96.6 cm³/mol. The molecule has 130 valence electrons. The molecule has 1 aliphatic heterocycles. The van der Waals surface area contributed by atoms with E-state index in [1.807, 2.05) is 38.1 Å². The summed E-state index contributed by atoms with van der Waals surface area (Å²) in [6.45, 7) is 7.05. The molecule has 0 saturated carbocycles. The Bertz CT molecular complexity index is 913. The van der Waals surface area contributed by atoms with Gasteiger partial charge in [-0.1, -0.05) is 24.3 Å². The lowest BCUT2D eigenvalue weighted by molar-refractivity contribution is -0.383. The zero-order valence-corrected chi connectivity index (χ0v) is 14.6. The minimum absolute atomic E-state index is 0.0426. The van der Waals surface area contributed by atoms with Crippen LogP contribution in [0.2, 0.25) is 0 Å². The summed E-state index contributed by atoms with van der Waals surface area (Å²) in [5.41, 5.74) is -0.922. The summed E-state index contributed by atoms with van der Waals surface area (Å²) < 4.78 is 5.81. The number of nitro benzene ring substituents is 1. The molecule has 2 aromatic rings. The quantitative estimate of drug-likeness (QED) is 0.514. The van der Waals surface area contributed by atoms with E-state index in [1.54, 1.807) is 19.9 Å². The van der Waals surface area contributed by atoms with Gasteiger partial charge >= 0.3 is 0 Å². The lowest BCUT2D eigenvalue weighted by atomic mass is 9.93. The van der Waals surface area contributed by atoms with E-state index in [-0.39, 0.29) is 11.5 Å². The molecule has 3 rings (SSSR count). The van der Waals surface area contributed by atoms with Gasteiger partial charge in [0, 0.05) is 17.8 Å². The minimum atomic E-state index is -0.910. The second-order valence-corrected chi connectivity index (χ2v) is 7.13. The van der Waals surface area contributed by atoms with Crippen molar-refractivity contribution < 1.29 is 14.5 Å². The van der Waals surface area contributed by atoms with Gasteiger partial charge in [-0.15, -0.1) is 0 Å². The van der Waals surface area contributed by atoms with Crippen LogP contribution < -0.4 is 5.32 Å². The second-order valence-electron chi connectivity index (χ2n) is 7.13. The van der Waals surface area contributed by atoms with Crippen molar-refractivity contribution in [3.63, 3.8) is 0 Å². The van der Waals surface area contributed by atoms with Crippen LogP contribution in [0.1, 0.15) is 27.7 Å². The summed E-state index contributed by atoms with van der Waals surface area (Å²) in [5.74, 6) is -0.131. The molecule has 6 heteroatoms. The number of nitro groups is 1. The van der Waals surface area contributed by atoms with Crippen molar-refractivity contribution >= 4 is 27.9 Å². The third kappa shape index (κ3) is 3.00. The fourth-order valence-corrected chi connectivity index (χ4v) is 3.22. The molecule has 1 N–H and O–H groups in total. The molecule has 0 spiro atoms. The van der Waals surface area contributed by atoms with Gasteiger partial charge in [0.1, 0.15) is 11.3 Å². The number of hydrogen-bond acceptors (Lipinski definition) is 5. The minimum Gasteiger partial charge on any atom is -0.357 e. The fraction of sp³-hybridized carbons (Fsp3) is 0.316. The van der Waals surface area contributed by atoms with E-state index in [0.717, 1.165) is 10.8 Å². The topological polar surface area (TPSA) is 81.5 Å². The lowest BCUT2D eigenvalue weighted by Crippen LogP contribution is -2.29. The molecule has 25 heavy (non-hydrogen) atoms. The van der Waals surface area contributed by atoms with Crippen LogP contribution in [0.5, 0.6) is 0 Å². The number of hydrogen-bond donors (Lipinski definition) is 1. The van der Waals surface area contributed by atoms with Gasteiger partial charge in [0.2, 0.25) is 0 Å². The number of nitrogens with zero attached hydrogens (tertiary/aromatic N) is 1. The maximum absolute atomic E-state index is 12.5. The molecule has 0 radical (unpaired) electrons. The van der Waals surface area contributed by atoms with Crippen LogP contribution in [0.4, 0.5) is 11.4 Å². The second kappa shape index (κ2) is 5.67. The first-order valence-corrected chi connectivity index (χ1v) is 8.01. The van der Waals surface area contributed by atoms with Crippen LogP contribution in [0.25, 0.3) is 10.8 Å². The van der Waals surface area contributed by atoms with E-state index in [4.69, 9.17) is 4.74 Å². The van der Waals surface area contributed by atoms with Crippen molar-refractivity contribution in [2.45, 2.75) is 38.9 Å². The Morgan fingerprint density at radius 1 is 1.08 bits per heavy atom. The van der Waals surface area contributed by atoms with Crippen LogP contribution in [0.15, 0.2) is 48.2 Å². The van der Waals surface area contributed by atoms with Crippen molar-refractivity contribution in [1.29, 1.82) is 0 Å². The zero-order chi connectivity index (χ0) is 18.4. The highest BCUT2D eigenvalue weighted by atomic mass is 16.6. The molecule has 1 saturated heterocycles. The van der Waals surface area contributed by atoms with Gasteiger partial charge in [0.25, 0.3) is 5.69 Å². The number of benzene rings is 2. The monoisotopic (exact) mass is 340 g/mol. The number of carbonyl (C=O) groups excluding carboxylic acids is 1. The third-order valence-corrected chi connectivity index (χ3v) is 4.38. The van der Waals surface area contributed by atoms with Crippen LogP contribution in [-0.4, -0.2) is 21.9 Å². The number of nitrogens with one attached hydrogen (secondary N) is 1. The van der Waals surface area contributed by atoms with Crippen LogP contribution in [0, 0.1) is 10.1 Å². The molecule has 0 bridgehead atoms. The Morgan fingerprint density at radius 3 is 2.20 bits per heavy atom. The lowest BCUT2D eigenvalue weighted by Gasteiger charge is -2.22. The Balaban J connectivity index is 2.04. The Morgan fingerprint density at radius 2 is 1.68 bits per heavy atom. The molecule has 0 unspecified atom stereocenters. The Labute approximate surface area is 145 Å². The SMILES string of the molecule is CC1(C)OC(C)(C)C(=CNc2cc3ccccc3cc2[N+](=O)[O-])C1=O. The predicted octanol–water partition coefficient (Wildman–Crippen LogP) is 4.20. The number of anilines is 1. The molecule has 6 nitrogen and oxygen atoms in total. The van der Waals surface area contributed by atoms with Crippen LogP contribution >= 0.6 is 0 Å². The van der Waals surface area contributed by atoms with Gasteiger partial charge in [0.05, 0.1) is 10.5 Å². The molecule has 1 heterocycles. The fourth-order valence-electron chi connectivity index (χ4n) is 3.22. The molecule has 1 aliphatic rings. The standard InChI is InChI=1S/C19H20N2O4/c1-18(2)14(17(22)19(3,4)25-18)11-20-15-9-12-7-5-6-8-13(12)10-16(15)21(23)24/h5-11,20H,1-4H3. The number of Topliss-reactive ketones (excluding diaryl/α,β-unsaturated/α-hetero) is 1. The smallest absolute Gasteiger partial charge is 0.293 e. The van der Waals surface area contributed by atoms with Gasteiger partial charge in [-0.05, 0) is 44.5 Å². The Kier molecular flexibility index (Phi) is 3.88. The molecule has 0 aromatic heterocycles. The summed E-state index contributed by atoms with van der Waals surface area (Å²) in [6.07, 6.45) is 1.52. The van der Waals surface area contributed by atoms with Crippen molar-refractivity contribution in [3.8, 4) is 0 Å². The Hall–Kier alpha value is -2.73. The highest BCUT2D eigenvalue weighted by Crippen LogP contribution is 2.39. The maximum atomic E-state index is 12.5. The normalized spacial score (nSPS) is 20.2. The number of carbonyl (C=O) groups is 1. The number of fused-ring (bicyclic) bond motifs is 1. The number of ketones is 1. The van der Waals surface area contributed by atoms with E-state index >= 15 is 0 Å². The summed E-state index contributed by atoms with van der Waals surface area (Å²) in [7, 11) is 0. The maximum Gasteiger partial charge on any atom is 0.293 e. The average molecular weight is 340 g/mol. The van der Waals surface area contributed by atoms with Crippen molar-refractivity contribution in [2.24, 2.45) is 0 Å².